The molecule has 3 heterocycles. The molecule has 4 rings (SSSR count). The van der Waals surface area contributed by atoms with Gasteiger partial charge in [-0.1, -0.05) is 21.9 Å². The van der Waals surface area contributed by atoms with Gasteiger partial charge in [-0.05, 0) is 29.7 Å². The number of amides is 1. The number of rotatable bonds is 5. The maximum atomic E-state index is 13.1. The van der Waals surface area contributed by atoms with Crippen LogP contribution in [0.25, 0.3) is 22.2 Å². The van der Waals surface area contributed by atoms with Crippen LogP contribution in [0.4, 0.5) is 5.82 Å². The van der Waals surface area contributed by atoms with Gasteiger partial charge in [0, 0.05) is 30.4 Å². The second-order valence-corrected chi connectivity index (χ2v) is 8.00. The fourth-order valence-electron chi connectivity index (χ4n) is 3.50. The van der Waals surface area contributed by atoms with Crippen LogP contribution in [0.3, 0.4) is 0 Å². The Morgan fingerprint density at radius 3 is 2.11 bits per heavy atom. The number of ether oxygens (including phenoxy) is 1. The SMILES string of the molecule is [B]c1c([B])c(C(=O)Nc2cc3cc(-c4cnc(C)n4C)ncc3cn2)c([B])c([B])c1OC([B])([B])[B]. The molecule has 0 fully saturated rings. The minimum Gasteiger partial charge on any atom is -0.517 e. The van der Waals surface area contributed by atoms with Crippen molar-refractivity contribution in [1.29, 1.82) is 0 Å². The first-order chi connectivity index (χ1) is 16.4. The molecule has 154 valence electrons. The molecule has 0 spiro atoms. The fourth-order valence-corrected chi connectivity index (χ4v) is 3.50. The molecule has 7 nitrogen and oxygen atoms in total. The van der Waals surface area contributed by atoms with Crippen molar-refractivity contribution >= 4 is 99.3 Å². The lowest BCUT2D eigenvalue weighted by Crippen LogP contribution is -2.51. The Hall–Kier alpha value is -3.29. The van der Waals surface area contributed by atoms with Gasteiger partial charge in [-0.3, -0.25) is 9.78 Å². The van der Waals surface area contributed by atoms with Crippen molar-refractivity contribution in [2.75, 3.05) is 5.32 Å². The first-order valence-electron chi connectivity index (χ1n) is 10.2. The number of carbonyl (C=O) groups excluding carboxylic acids is 1. The molecule has 1 aromatic carbocycles. The van der Waals surface area contributed by atoms with E-state index in [9.17, 15) is 4.79 Å². The number of hydrogen-bond acceptors (Lipinski definition) is 5. The van der Waals surface area contributed by atoms with Gasteiger partial charge in [0.15, 0.2) is 0 Å². The topological polar surface area (TPSA) is 81.9 Å². The van der Waals surface area contributed by atoms with Gasteiger partial charge in [0.25, 0.3) is 5.91 Å². The molecule has 4 aromatic rings. The smallest absolute Gasteiger partial charge is 0.255 e. The predicted molar refractivity (Wildman–Crippen MR) is 143 cm³/mol. The molecule has 0 aliphatic carbocycles. The van der Waals surface area contributed by atoms with Crippen LogP contribution in [0.1, 0.15) is 16.2 Å². The van der Waals surface area contributed by atoms with E-state index >= 15 is 0 Å². The van der Waals surface area contributed by atoms with Crippen LogP contribution in [0.5, 0.6) is 5.75 Å². The van der Waals surface area contributed by atoms with E-state index in [-0.39, 0.29) is 39.0 Å². The molecular weight excluding hydrogens is 430 g/mol. The number of anilines is 1. The number of carbonyl (C=O) groups is 1. The highest BCUT2D eigenvalue weighted by Gasteiger charge is 2.22. The van der Waals surface area contributed by atoms with Crippen molar-refractivity contribution in [3.05, 3.63) is 42.1 Å². The quantitative estimate of drug-likeness (QED) is 0.340. The number of nitrogens with one attached hydrogen (secondary N) is 1. The number of imidazole rings is 1. The van der Waals surface area contributed by atoms with Gasteiger partial charge in [-0.15, -0.1) is 0 Å². The minimum absolute atomic E-state index is 0.160. The van der Waals surface area contributed by atoms with Crippen molar-refractivity contribution in [3.8, 4) is 17.1 Å². The standard InChI is InChI=1S/C21H12B7N5O2/c1-8-29-7-12(33(8)2)11-3-9-4-13(31-6-10(9)5-30-11)32-20(34)14-15(22)17(24)19(18(25)16(14)23)35-21(26,27)28/h3-7H,1-2H3,(H,31,32,34). The van der Waals surface area contributed by atoms with E-state index in [0.29, 0.717) is 5.69 Å². The second-order valence-electron chi connectivity index (χ2n) is 8.00. The molecule has 0 aliphatic heterocycles. The van der Waals surface area contributed by atoms with Gasteiger partial charge < -0.3 is 14.6 Å². The van der Waals surface area contributed by atoms with Crippen molar-refractivity contribution in [3.63, 3.8) is 0 Å². The van der Waals surface area contributed by atoms with Gasteiger partial charge in [-0.2, -0.15) is 0 Å². The molecule has 1 amide bonds. The molecule has 14 radical (unpaired) electrons. The molecule has 0 bridgehead atoms. The summed E-state index contributed by atoms with van der Waals surface area (Å²) in [6.45, 7) is 1.90. The molecule has 0 saturated heterocycles. The lowest BCUT2D eigenvalue weighted by atomic mass is 9.52. The lowest BCUT2D eigenvalue weighted by Gasteiger charge is -2.29. The third kappa shape index (κ3) is 4.79. The summed E-state index contributed by atoms with van der Waals surface area (Å²) in [6.07, 6.45) is 5.01. The summed E-state index contributed by atoms with van der Waals surface area (Å²) in [5.74, 6) is 0.179. The third-order valence-corrected chi connectivity index (χ3v) is 5.44. The largest absolute Gasteiger partial charge is 0.517 e. The molecule has 14 heteroatoms. The first kappa shape index (κ1) is 24.8. The highest BCUT2D eigenvalue weighted by molar-refractivity contribution is 6.62. The van der Waals surface area contributed by atoms with Crippen LogP contribution in [0, 0.1) is 6.92 Å². The molecule has 0 atom stereocenters. The molecular formula is C21H12B7N5O2. The first-order valence-corrected chi connectivity index (χ1v) is 10.2. The van der Waals surface area contributed by atoms with Crippen LogP contribution >= 0.6 is 0 Å². The maximum Gasteiger partial charge on any atom is 0.255 e. The third-order valence-electron chi connectivity index (χ3n) is 5.44. The summed E-state index contributed by atoms with van der Waals surface area (Å²) >= 11 is 0. The van der Waals surface area contributed by atoms with Crippen LogP contribution < -0.4 is 31.9 Å². The molecule has 0 saturated carbocycles. The van der Waals surface area contributed by atoms with Gasteiger partial charge in [-0.25, -0.2) is 9.97 Å². The molecule has 35 heavy (non-hydrogen) atoms. The van der Waals surface area contributed by atoms with Gasteiger partial charge in [0.2, 0.25) is 0 Å². The van der Waals surface area contributed by atoms with Crippen molar-refractivity contribution in [1.82, 2.24) is 19.5 Å². The predicted octanol–water partition coefficient (Wildman–Crippen LogP) is -2.74. The molecule has 3 aromatic heterocycles. The zero-order valence-electron chi connectivity index (χ0n) is 19.0. The number of fused-ring (bicyclic) bond motifs is 1. The normalized spacial score (nSPS) is 11.5. The zero-order valence-corrected chi connectivity index (χ0v) is 19.0. The highest BCUT2D eigenvalue weighted by atomic mass is 16.5. The van der Waals surface area contributed by atoms with Crippen molar-refractivity contribution in [2.24, 2.45) is 7.05 Å². The number of hydrogen-bond donors (Lipinski definition) is 1. The number of nitrogens with zero attached hydrogens (tertiary/aromatic N) is 4. The molecule has 0 unspecified atom stereocenters. The number of aromatic nitrogens is 4. The Kier molecular flexibility index (Phi) is 6.43. The van der Waals surface area contributed by atoms with Crippen LogP contribution in [-0.4, -0.2) is 85.6 Å². The number of benzene rings is 1. The summed E-state index contributed by atoms with van der Waals surface area (Å²) < 4.78 is 7.08. The Bertz CT molecular complexity index is 1450. The lowest BCUT2D eigenvalue weighted by molar-refractivity contribution is 0.102. The monoisotopic (exact) mass is 443 g/mol. The van der Waals surface area contributed by atoms with Crippen LogP contribution in [0.15, 0.2) is 30.7 Å². The van der Waals surface area contributed by atoms with Crippen molar-refractivity contribution < 1.29 is 9.53 Å². The highest BCUT2D eigenvalue weighted by Crippen LogP contribution is 2.23. The van der Waals surface area contributed by atoms with Crippen molar-refractivity contribution in [2.45, 2.75) is 12.2 Å². The fraction of sp³-hybridized carbons (Fsp3) is 0.143. The Balaban J connectivity index is 1.69. The summed E-state index contributed by atoms with van der Waals surface area (Å²) in [6, 6.07) is 3.55. The van der Waals surface area contributed by atoms with E-state index in [1.165, 1.54) is 0 Å². The maximum absolute atomic E-state index is 13.1. The zero-order chi connectivity index (χ0) is 25.7. The minimum atomic E-state index is -2.10. The van der Waals surface area contributed by atoms with E-state index in [4.69, 9.17) is 59.7 Å². The van der Waals surface area contributed by atoms with Crippen LogP contribution in [-0.2, 0) is 7.05 Å². The summed E-state index contributed by atoms with van der Waals surface area (Å²) in [5, 5.41) is 2.12. The average Bonchev–Trinajstić information content (AvgIpc) is 3.12. The van der Waals surface area contributed by atoms with Gasteiger partial charge >= 0.3 is 0 Å². The number of aryl methyl sites for hydroxylation is 1. The molecule has 0 aliphatic rings. The Labute approximate surface area is 212 Å². The van der Waals surface area contributed by atoms with Crippen LogP contribution in [0.2, 0.25) is 0 Å². The summed E-state index contributed by atoms with van der Waals surface area (Å²) in [5.41, 5.74) is 0.635. The van der Waals surface area contributed by atoms with Gasteiger partial charge in [0.1, 0.15) is 72.3 Å². The van der Waals surface area contributed by atoms with E-state index in [1.54, 1.807) is 24.7 Å². The van der Waals surface area contributed by atoms with E-state index < -0.39 is 11.2 Å². The number of pyridine rings is 2. The average molecular weight is 442 g/mol. The Morgan fingerprint density at radius 2 is 1.54 bits per heavy atom. The van der Waals surface area contributed by atoms with E-state index in [0.717, 1.165) is 22.3 Å². The van der Waals surface area contributed by atoms with Gasteiger partial charge in [0.05, 0.1) is 17.6 Å². The Morgan fingerprint density at radius 1 is 0.914 bits per heavy atom. The summed E-state index contributed by atoms with van der Waals surface area (Å²) in [4.78, 5) is 26.1. The second kappa shape index (κ2) is 9.06. The summed E-state index contributed by atoms with van der Waals surface area (Å²) in [7, 11) is 42.4. The van der Waals surface area contributed by atoms with E-state index in [1.807, 2.05) is 24.6 Å². The van der Waals surface area contributed by atoms with E-state index in [2.05, 4.69) is 20.3 Å². The molecule has 1 N–H and O–H groups in total.